The molecule has 0 aliphatic carbocycles. The van der Waals surface area contributed by atoms with Crippen molar-refractivity contribution in [3.05, 3.63) is 41.1 Å². The maximum atomic E-state index is 6.07. The normalized spacial score (nSPS) is 11.9. The van der Waals surface area contributed by atoms with Crippen molar-refractivity contribution >= 4 is 23.0 Å². The predicted molar refractivity (Wildman–Crippen MR) is 71.3 cm³/mol. The van der Waals surface area contributed by atoms with Crippen molar-refractivity contribution in [2.24, 2.45) is 5.92 Å². The average Bonchev–Trinajstić information content (AvgIpc) is 2.21. The molecule has 0 radical (unpaired) electrons. The molecule has 0 aromatic carbocycles. The number of anilines is 1. The van der Waals surface area contributed by atoms with E-state index in [9.17, 15) is 0 Å². The van der Waals surface area contributed by atoms with Gasteiger partial charge in [0.25, 0.3) is 0 Å². The Balaban J connectivity index is 3.09. The van der Waals surface area contributed by atoms with E-state index in [1.54, 1.807) is 12.3 Å². The number of nitrogen functional groups attached to an aromatic ring is 1. The maximum Gasteiger partial charge on any atom is 0.123 e. The van der Waals surface area contributed by atoms with Crippen molar-refractivity contribution in [2.45, 2.75) is 20.8 Å². The molecule has 0 saturated heterocycles. The molecule has 1 aromatic heterocycles. The first-order valence-corrected chi connectivity index (χ1v) is 5.58. The third kappa shape index (κ3) is 3.11. The minimum atomic E-state index is 0.424. The lowest BCUT2D eigenvalue weighted by Crippen LogP contribution is -1.94. The number of hydrogen-bond donors (Lipinski definition) is 1. The fourth-order valence-corrected chi connectivity index (χ4v) is 1.53. The van der Waals surface area contributed by atoms with Gasteiger partial charge in [-0.2, -0.15) is 0 Å². The zero-order valence-corrected chi connectivity index (χ0v) is 10.7. The fourth-order valence-electron chi connectivity index (χ4n) is 1.28. The van der Waals surface area contributed by atoms with E-state index >= 15 is 0 Å². The van der Waals surface area contributed by atoms with Crippen LogP contribution in [0.3, 0.4) is 0 Å². The molecule has 2 nitrogen and oxygen atoms in total. The second-order valence-corrected chi connectivity index (χ2v) is 4.55. The number of rotatable bonds is 3. The summed E-state index contributed by atoms with van der Waals surface area (Å²) in [5.74, 6) is 0.898. The smallest absolute Gasteiger partial charge is 0.123 e. The summed E-state index contributed by atoms with van der Waals surface area (Å²) in [6.45, 7) is 10.2. The number of nitrogens with zero attached hydrogens (tertiary/aromatic N) is 1. The lowest BCUT2D eigenvalue weighted by Gasteiger charge is -2.08. The van der Waals surface area contributed by atoms with Crippen LogP contribution in [0, 0.1) is 5.92 Å². The van der Waals surface area contributed by atoms with Crippen LogP contribution in [0.15, 0.2) is 30.5 Å². The van der Waals surface area contributed by atoms with E-state index in [0.29, 0.717) is 16.8 Å². The summed E-state index contributed by atoms with van der Waals surface area (Å²) >= 11 is 6.07. The molecule has 16 heavy (non-hydrogen) atoms. The lowest BCUT2D eigenvalue weighted by molar-refractivity contribution is 0.795. The highest BCUT2D eigenvalue weighted by atomic mass is 35.5. The van der Waals surface area contributed by atoms with Crippen molar-refractivity contribution in [1.29, 1.82) is 0 Å². The molecule has 0 saturated carbocycles. The molecule has 0 fully saturated rings. The van der Waals surface area contributed by atoms with Gasteiger partial charge in [0.15, 0.2) is 0 Å². The molecular weight excluding hydrogens is 220 g/mol. The van der Waals surface area contributed by atoms with Crippen LogP contribution in [-0.4, -0.2) is 4.98 Å². The standard InChI is InChI=1S/C13H17ClN2/c1-8(2)9(3)5-10(4)11-6-13(15)16-7-12(11)14/h5-8H,3H2,1-2,4H3,(H2,15,16)/b10-5+. The summed E-state index contributed by atoms with van der Waals surface area (Å²) in [5.41, 5.74) is 8.68. The van der Waals surface area contributed by atoms with E-state index in [2.05, 4.69) is 25.4 Å². The third-order valence-electron chi connectivity index (χ3n) is 2.44. The quantitative estimate of drug-likeness (QED) is 0.808. The SMILES string of the molecule is C=C(/C=C(\C)c1cc(N)ncc1Cl)C(C)C. The Morgan fingerprint density at radius 3 is 2.75 bits per heavy atom. The van der Waals surface area contributed by atoms with E-state index in [-0.39, 0.29) is 0 Å². The highest BCUT2D eigenvalue weighted by Crippen LogP contribution is 2.26. The van der Waals surface area contributed by atoms with Crippen molar-refractivity contribution in [2.75, 3.05) is 5.73 Å². The molecule has 0 aliphatic heterocycles. The number of nitrogens with two attached hydrogens (primary N) is 1. The molecule has 86 valence electrons. The van der Waals surface area contributed by atoms with Gasteiger partial charge in [-0.15, -0.1) is 0 Å². The van der Waals surface area contributed by atoms with Crippen LogP contribution >= 0.6 is 11.6 Å². The van der Waals surface area contributed by atoms with E-state index in [4.69, 9.17) is 17.3 Å². The van der Waals surface area contributed by atoms with Crippen LogP contribution in [0.4, 0.5) is 5.82 Å². The molecule has 1 rings (SSSR count). The minimum Gasteiger partial charge on any atom is -0.384 e. The van der Waals surface area contributed by atoms with E-state index in [1.165, 1.54) is 0 Å². The van der Waals surface area contributed by atoms with Gasteiger partial charge in [-0.25, -0.2) is 4.98 Å². The van der Waals surface area contributed by atoms with Gasteiger partial charge in [-0.3, -0.25) is 0 Å². The van der Waals surface area contributed by atoms with Crippen LogP contribution in [0.1, 0.15) is 26.3 Å². The van der Waals surface area contributed by atoms with E-state index in [0.717, 1.165) is 16.7 Å². The summed E-state index contributed by atoms with van der Waals surface area (Å²) in [6, 6.07) is 1.78. The van der Waals surface area contributed by atoms with Crippen molar-refractivity contribution < 1.29 is 0 Å². The van der Waals surface area contributed by atoms with Crippen molar-refractivity contribution in [3.8, 4) is 0 Å². The first-order valence-electron chi connectivity index (χ1n) is 5.20. The highest BCUT2D eigenvalue weighted by Gasteiger charge is 2.05. The second kappa shape index (κ2) is 5.17. The number of pyridine rings is 1. The Kier molecular flexibility index (Phi) is 4.13. The molecule has 2 N–H and O–H groups in total. The Morgan fingerprint density at radius 1 is 1.56 bits per heavy atom. The summed E-state index contributed by atoms with van der Waals surface area (Å²) in [7, 11) is 0. The molecule has 0 aliphatic rings. The van der Waals surface area contributed by atoms with Crippen molar-refractivity contribution in [3.63, 3.8) is 0 Å². The van der Waals surface area contributed by atoms with Gasteiger partial charge >= 0.3 is 0 Å². The molecule has 0 unspecified atom stereocenters. The Hall–Kier alpha value is -1.28. The number of aromatic nitrogens is 1. The fraction of sp³-hybridized carbons (Fsp3) is 0.308. The Labute approximate surface area is 102 Å². The summed E-state index contributed by atoms with van der Waals surface area (Å²) in [5, 5.41) is 0.611. The first kappa shape index (κ1) is 12.8. The number of allylic oxidation sites excluding steroid dienone is 3. The molecule has 0 amide bonds. The van der Waals surface area contributed by atoms with Gasteiger partial charge in [-0.05, 0) is 24.5 Å². The molecule has 1 aromatic rings. The monoisotopic (exact) mass is 236 g/mol. The highest BCUT2D eigenvalue weighted by molar-refractivity contribution is 6.32. The van der Waals surface area contributed by atoms with E-state index in [1.807, 2.05) is 13.0 Å². The first-order chi connectivity index (χ1) is 7.41. The van der Waals surface area contributed by atoms with Crippen LogP contribution in [0.25, 0.3) is 5.57 Å². The number of halogens is 1. The van der Waals surface area contributed by atoms with Crippen molar-refractivity contribution in [1.82, 2.24) is 4.98 Å². The summed E-state index contributed by atoms with van der Waals surface area (Å²) < 4.78 is 0. The van der Waals surface area contributed by atoms with Gasteiger partial charge in [0.1, 0.15) is 5.82 Å². The van der Waals surface area contributed by atoms with Crippen LogP contribution in [0.5, 0.6) is 0 Å². The van der Waals surface area contributed by atoms with Gasteiger partial charge in [0.2, 0.25) is 0 Å². The summed E-state index contributed by atoms with van der Waals surface area (Å²) in [4.78, 5) is 3.93. The Bertz CT molecular complexity index is 434. The molecule has 0 spiro atoms. The molecule has 0 bridgehead atoms. The third-order valence-corrected chi connectivity index (χ3v) is 2.75. The zero-order chi connectivity index (χ0) is 12.3. The van der Waals surface area contributed by atoms with Crippen LogP contribution < -0.4 is 5.73 Å². The minimum absolute atomic E-state index is 0.424. The molecular formula is C13H17ClN2. The van der Waals surface area contributed by atoms with Crippen LogP contribution in [0.2, 0.25) is 5.02 Å². The molecule has 3 heteroatoms. The summed E-state index contributed by atoms with van der Waals surface area (Å²) in [6.07, 6.45) is 3.60. The van der Waals surface area contributed by atoms with Gasteiger partial charge in [0, 0.05) is 11.8 Å². The molecule has 0 atom stereocenters. The molecule has 1 heterocycles. The van der Waals surface area contributed by atoms with Gasteiger partial charge in [0.05, 0.1) is 5.02 Å². The van der Waals surface area contributed by atoms with E-state index < -0.39 is 0 Å². The maximum absolute atomic E-state index is 6.07. The average molecular weight is 237 g/mol. The predicted octanol–water partition coefficient (Wildman–Crippen LogP) is 3.93. The Morgan fingerprint density at radius 2 is 2.19 bits per heavy atom. The topological polar surface area (TPSA) is 38.9 Å². The lowest BCUT2D eigenvalue weighted by atomic mass is 10.00. The van der Waals surface area contributed by atoms with Gasteiger partial charge < -0.3 is 5.73 Å². The van der Waals surface area contributed by atoms with Gasteiger partial charge in [-0.1, -0.05) is 43.7 Å². The second-order valence-electron chi connectivity index (χ2n) is 4.15. The largest absolute Gasteiger partial charge is 0.384 e. The van der Waals surface area contributed by atoms with Crippen LogP contribution in [-0.2, 0) is 0 Å². The zero-order valence-electron chi connectivity index (χ0n) is 9.92. The number of hydrogen-bond acceptors (Lipinski definition) is 2.